The lowest BCUT2D eigenvalue weighted by atomic mass is 10.2. The first kappa shape index (κ1) is 9.22. The van der Waals surface area contributed by atoms with Gasteiger partial charge < -0.3 is 5.32 Å². The smallest absolute Gasteiger partial charge is 0.0562 e. The molecule has 1 aromatic rings. The van der Waals surface area contributed by atoms with Crippen molar-refractivity contribution in [1.29, 1.82) is 0 Å². The Morgan fingerprint density at radius 3 is 3.15 bits per heavy atom. The van der Waals surface area contributed by atoms with E-state index in [1.165, 1.54) is 16.1 Å². The lowest BCUT2D eigenvalue weighted by Crippen LogP contribution is -1.90. The average Bonchev–Trinajstić information content (AvgIpc) is 2.52. The van der Waals surface area contributed by atoms with Gasteiger partial charge in [0, 0.05) is 17.1 Å². The molecule has 0 saturated heterocycles. The molecule has 1 nitrogen and oxygen atoms in total. The van der Waals surface area contributed by atoms with E-state index >= 15 is 0 Å². The quantitative estimate of drug-likeness (QED) is 0.756. The van der Waals surface area contributed by atoms with Crippen LogP contribution in [0.4, 0.5) is 5.69 Å². The highest BCUT2D eigenvalue weighted by atomic mass is 35.5. The van der Waals surface area contributed by atoms with Crippen molar-refractivity contribution in [3.05, 3.63) is 22.7 Å². The normalized spacial score (nSPS) is 14.0. The molecule has 3 heteroatoms. The molecule has 1 heterocycles. The largest absolute Gasteiger partial charge is 0.384 e. The predicted octanol–water partition coefficient (Wildman–Crippen LogP) is 3.42. The summed E-state index contributed by atoms with van der Waals surface area (Å²) in [6.45, 7) is 3.19. The summed E-state index contributed by atoms with van der Waals surface area (Å²) < 4.78 is 0. The van der Waals surface area contributed by atoms with E-state index in [0.29, 0.717) is 0 Å². The van der Waals surface area contributed by atoms with Crippen LogP contribution in [0.3, 0.4) is 0 Å². The van der Waals surface area contributed by atoms with Gasteiger partial charge in [-0.2, -0.15) is 0 Å². The Balaban J connectivity index is 2.37. The van der Waals surface area contributed by atoms with Crippen LogP contribution < -0.4 is 5.32 Å². The minimum atomic E-state index is 0.875. The Labute approximate surface area is 87.9 Å². The van der Waals surface area contributed by atoms with Crippen LogP contribution >= 0.6 is 23.4 Å². The zero-order valence-electron chi connectivity index (χ0n) is 7.56. The minimum Gasteiger partial charge on any atom is -0.384 e. The van der Waals surface area contributed by atoms with Gasteiger partial charge >= 0.3 is 0 Å². The van der Waals surface area contributed by atoms with Crippen molar-refractivity contribution in [2.75, 3.05) is 17.6 Å². The molecule has 1 aliphatic heterocycles. The van der Waals surface area contributed by atoms with E-state index < -0.39 is 0 Å². The van der Waals surface area contributed by atoms with Gasteiger partial charge in [0.05, 0.1) is 5.02 Å². The van der Waals surface area contributed by atoms with E-state index in [1.807, 2.05) is 17.8 Å². The molecule has 70 valence electrons. The van der Waals surface area contributed by atoms with Gasteiger partial charge in [-0.3, -0.25) is 0 Å². The fourth-order valence-electron chi connectivity index (χ4n) is 1.56. The third kappa shape index (κ3) is 1.79. The fourth-order valence-corrected chi connectivity index (χ4v) is 2.63. The molecule has 1 aromatic carbocycles. The van der Waals surface area contributed by atoms with Crippen molar-refractivity contribution >= 4 is 29.1 Å². The predicted molar refractivity (Wildman–Crippen MR) is 60.0 cm³/mol. The number of halogens is 1. The molecule has 0 spiro atoms. The summed E-state index contributed by atoms with van der Waals surface area (Å²) in [4.78, 5) is 1.21. The number of hydrogen-bond donors (Lipinski definition) is 1. The Bertz CT molecular complexity index is 325. The minimum absolute atomic E-state index is 0.875. The van der Waals surface area contributed by atoms with Crippen LogP contribution in [-0.4, -0.2) is 12.3 Å². The molecular weight excluding hydrogens is 202 g/mol. The maximum atomic E-state index is 6.13. The van der Waals surface area contributed by atoms with Crippen LogP contribution in [0.5, 0.6) is 0 Å². The van der Waals surface area contributed by atoms with Gasteiger partial charge in [0.2, 0.25) is 0 Å². The summed E-state index contributed by atoms with van der Waals surface area (Å²) in [5, 5.41) is 4.19. The van der Waals surface area contributed by atoms with E-state index in [9.17, 15) is 0 Å². The molecule has 1 N–H and O–H groups in total. The molecule has 0 aromatic heterocycles. The highest BCUT2D eigenvalue weighted by Gasteiger charge is 2.12. The Morgan fingerprint density at radius 2 is 2.38 bits per heavy atom. The van der Waals surface area contributed by atoms with Crippen molar-refractivity contribution in [3.8, 4) is 0 Å². The molecule has 0 amide bonds. The molecule has 0 radical (unpaired) electrons. The number of thioether (sulfide) groups is 1. The Kier molecular flexibility index (Phi) is 2.70. The number of anilines is 1. The van der Waals surface area contributed by atoms with Crippen molar-refractivity contribution in [3.63, 3.8) is 0 Å². The van der Waals surface area contributed by atoms with Gasteiger partial charge in [-0.1, -0.05) is 18.5 Å². The van der Waals surface area contributed by atoms with Crippen LogP contribution in [0.1, 0.15) is 12.5 Å². The second-order valence-electron chi connectivity index (χ2n) is 3.05. The van der Waals surface area contributed by atoms with E-state index in [1.54, 1.807) is 0 Å². The van der Waals surface area contributed by atoms with Gasteiger partial charge in [0.25, 0.3) is 0 Å². The monoisotopic (exact) mass is 213 g/mol. The van der Waals surface area contributed by atoms with Crippen LogP contribution in [0.25, 0.3) is 0 Å². The molecule has 0 bridgehead atoms. The van der Waals surface area contributed by atoms with Crippen molar-refractivity contribution in [2.24, 2.45) is 0 Å². The average molecular weight is 214 g/mol. The maximum Gasteiger partial charge on any atom is 0.0562 e. The summed E-state index contributed by atoms with van der Waals surface area (Å²) in [6.07, 6.45) is 1.13. The van der Waals surface area contributed by atoms with Crippen molar-refractivity contribution in [1.82, 2.24) is 0 Å². The molecule has 0 fully saturated rings. The number of fused-ring (bicyclic) bond motifs is 1. The van der Waals surface area contributed by atoms with Crippen LogP contribution in [0.15, 0.2) is 17.0 Å². The van der Waals surface area contributed by atoms with Gasteiger partial charge in [-0.25, -0.2) is 0 Å². The van der Waals surface area contributed by atoms with E-state index in [2.05, 4.69) is 18.3 Å². The lowest BCUT2D eigenvalue weighted by Gasteiger charge is -2.05. The third-order valence-corrected chi connectivity index (χ3v) is 3.53. The molecule has 0 aliphatic carbocycles. The molecule has 2 rings (SSSR count). The summed E-state index contributed by atoms with van der Waals surface area (Å²) in [5.41, 5.74) is 2.62. The first-order valence-corrected chi connectivity index (χ1v) is 5.86. The lowest BCUT2D eigenvalue weighted by molar-refractivity contribution is 1.10. The second kappa shape index (κ2) is 3.81. The summed E-state index contributed by atoms with van der Waals surface area (Å²) in [7, 11) is 0. The van der Waals surface area contributed by atoms with E-state index in [-0.39, 0.29) is 0 Å². The first-order chi connectivity index (χ1) is 6.31. The second-order valence-corrected chi connectivity index (χ2v) is 4.76. The van der Waals surface area contributed by atoms with E-state index in [4.69, 9.17) is 11.6 Å². The Morgan fingerprint density at radius 1 is 1.54 bits per heavy atom. The van der Waals surface area contributed by atoms with Gasteiger partial charge in [0.15, 0.2) is 0 Å². The maximum absolute atomic E-state index is 6.13. The fraction of sp³-hybridized carbons (Fsp3) is 0.400. The zero-order valence-corrected chi connectivity index (χ0v) is 9.13. The highest BCUT2D eigenvalue weighted by molar-refractivity contribution is 7.99. The van der Waals surface area contributed by atoms with Crippen molar-refractivity contribution in [2.45, 2.75) is 18.2 Å². The highest BCUT2D eigenvalue weighted by Crippen LogP contribution is 2.34. The number of nitrogens with one attached hydrogen (secondary N) is 1. The van der Waals surface area contributed by atoms with Crippen LogP contribution in [0, 0.1) is 0 Å². The summed E-state index contributed by atoms with van der Waals surface area (Å²) in [5.74, 6) is 1.08. The SMILES string of the molecule is CCSc1cc2c(cc1Cl)NCC2. The third-order valence-electron chi connectivity index (χ3n) is 2.17. The summed E-state index contributed by atoms with van der Waals surface area (Å²) in [6, 6.07) is 4.26. The zero-order chi connectivity index (χ0) is 9.26. The standard InChI is InChI=1S/C10H12ClNS/c1-2-13-10-5-7-3-4-12-9(7)6-8(10)11/h5-6,12H,2-4H2,1H3. The first-order valence-electron chi connectivity index (χ1n) is 4.50. The molecule has 0 atom stereocenters. The Hall–Kier alpha value is -0.340. The van der Waals surface area contributed by atoms with Gasteiger partial charge in [-0.15, -0.1) is 11.8 Å². The summed E-state index contributed by atoms with van der Waals surface area (Å²) >= 11 is 7.93. The number of benzene rings is 1. The van der Waals surface area contributed by atoms with Crippen LogP contribution in [-0.2, 0) is 6.42 Å². The van der Waals surface area contributed by atoms with Gasteiger partial charge in [0.1, 0.15) is 0 Å². The number of rotatable bonds is 2. The molecule has 0 saturated carbocycles. The topological polar surface area (TPSA) is 12.0 Å². The van der Waals surface area contributed by atoms with Gasteiger partial charge in [-0.05, 0) is 29.9 Å². The number of hydrogen-bond acceptors (Lipinski definition) is 2. The van der Waals surface area contributed by atoms with Crippen LogP contribution in [0.2, 0.25) is 5.02 Å². The van der Waals surface area contributed by atoms with Crippen molar-refractivity contribution < 1.29 is 0 Å². The molecule has 1 aliphatic rings. The molecule has 0 unspecified atom stereocenters. The molecule has 13 heavy (non-hydrogen) atoms. The molecular formula is C10H12ClNS. The van der Waals surface area contributed by atoms with E-state index in [0.717, 1.165) is 23.7 Å².